The average Bonchev–Trinajstić information content (AvgIpc) is 3.14. The Balaban J connectivity index is 0.000000390. The quantitative estimate of drug-likeness (QED) is 0.502. The Bertz CT molecular complexity index is 962. The van der Waals surface area contributed by atoms with Gasteiger partial charge in [0.05, 0.1) is 5.69 Å². The molecule has 1 aromatic carbocycles. The summed E-state index contributed by atoms with van der Waals surface area (Å²) in [6, 6.07) is 4.54. The lowest BCUT2D eigenvalue weighted by molar-refractivity contribution is -0.163. The van der Waals surface area contributed by atoms with Crippen molar-refractivity contribution in [3.8, 4) is 0 Å². The Hall–Kier alpha value is -3.27. The first-order chi connectivity index (χ1) is 15.1. The van der Waals surface area contributed by atoms with Crippen LogP contribution < -0.4 is 0 Å². The van der Waals surface area contributed by atoms with Gasteiger partial charge in [-0.05, 0) is 25.0 Å². The molecule has 0 saturated carbocycles. The molecule has 1 aliphatic heterocycles. The number of piperidine rings is 1. The van der Waals surface area contributed by atoms with E-state index in [9.17, 15) is 18.8 Å². The minimum atomic E-state index is -1.26. The monoisotopic (exact) mass is 450 g/mol. The van der Waals surface area contributed by atoms with Crippen molar-refractivity contribution in [1.29, 1.82) is 0 Å². The van der Waals surface area contributed by atoms with Crippen LogP contribution in [0.4, 0.5) is 4.39 Å². The molecule has 9 nitrogen and oxygen atoms in total. The number of carbonyl (C=O) groups is 3. The number of carboxylic acids is 2. The lowest BCUT2D eigenvalue weighted by Gasteiger charge is -2.38. The summed E-state index contributed by atoms with van der Waals surface area (Å²) in [4.78, 5) is 32.6. The van der Waals surface area contributed by atoms with Crippen molar-refractivity contribution in [3.05, 3.63) is 41.9 Å². The zero-order valence-electron chi connectivity index (χ0n) is 18.2. The molecule has 1 aliphatic rings. The van der Waals surface area contributed by atoms with Crippen molar-refractivity contribution in [3.63, 3.8) is 0 Å². The number of aliphatic carboxylic acids is 2. The summed E-state index contributed by atoms with van der Waals surface area (Å²) < 4.78 is 24.0. The van der Waals surface area contributed by atoms with Gasteiger partial charge in [-0.1, -0.05) is 19.0 Å². The minimum Gasteiger partial charge on any atom is -0.478 e. The van der Waals surface area contributed by atoms with E-state index in [0.717, 1.165) is 37.0 Å². The molecule has 3 rings (SSSR count). The van der Waals surface area contributed by atoms with Gasteiger partial charge in [-0.15, -0.1) is 0 Å². The summed E-state index contributed by atoms with van der Waals surface area (Å²) in [5.41, 5.74) is 1.39. The van der Waals surface area contributed by atoms with Gasteiger partial charge < -0.3 is 19.5 Å². The van der Waals surface area contributed by atoms with Crippen LogP contribution in [0.25, 0.3) is 11.0 Å². The molecule has 2 heterocycles. The number of hydrogen-bond donors (Lipinski definition) is 2. The van der Waals surface area contributed by atoms with Gasteiger partial charge in [-0.3, -0.25) is 9.69 Å². The van der Waals surface area contributed by atoms with Gasteiger partial charge in [-0.25, -0.2) is 14.0 Å². The summed E-state index contributed by atoms with van der Waals surface area (Å²) in [5.74, 6) is -2.57. The number of hydrogen-bond acceptors (Lipinski definition) is 7. The van der Waals surface area contributed by atoms with Crippen LogP contribution in [0.3, 0.4) is 0 Å². The number of rotatable bonds is 6. The number of nitrogens with zero attached hydrogens (tertiary/aromatic N) is 2. The van der Waals surface area contributed by atoms with E-state index in [2.05, 4.69) is 23.9 Å². The first kappa shape index (κ1) is 25.0. The topological polar surface area (TPSA) is 130 Å². The third-order valence-corrected chi connectivity index (χ3v) is 4.96. The lowest BCUT2D eigenvalue weighted by atomic mass is 9.91. The second kappa shape index (κ2) is 11.4. The summed E-state index contributed by atoms with van der Waals surface area (Å²) >= 11 is 0. The fourth-order valence-corrected chi connectivity index (χ4v) is 3.60. The third-order valence-electron chi connectivity index (χ3n) is 4.96. The van der Waals surface area contributed by atoms with Crippen molar-refractivity contribution in [2.75, 3.05) is 13.1 Å². The molecule has 1 saturated heterocycles. The lowest BCUT2D eigenvalue weighted by Crippen LogP contribution is -2.46. The van der Waals surface area contributed by atoms with E-state index >= 15 is 0 Å². The van der Waals surface area contributed by atoms with E-state index < -0.39 is 11.9 Å². The van der Waals surface area contributed by atoms with E-state index in [-0.39, 0.29) is 29.9 Å². The smallest absolute Gasteiger partial charge is 0.328 e. The number of ether oxygens (including phenoxy) is 1. The van der Waals surface area contributed by atoms with Crippen molar-refractivity contribution < 1.29 is 38.2 Å². The van der Waals surface area contributed by atoms with Crippen LogP contribution in [0.1, 0.15) is 45.2 Å². The first-order valence-electron chi connectivity index (χ1n) is 10.2. The Morgan fingerprint density at radius 3 is 2.28 bits per heavy atom. The van der Waals surface area contributed by atoms with Gasteiger partial charge in [0.1, 0.15) is 5.82 Å². The van der Waals surface area contributed by atoms with Gasteiger partial charge >= 0.3 is 17.9 Å². The van der Waals surface area contributed by atoms with Crippen LogP contribution in [0.2, 0.25) is 0 Å². The Labute approximate surface area is 184 Å². The van der Waals surface area contributed by atoms with Gasteiger partial charge in [0.15, 0.2) is 11.8 Å². The van der Waals surface area contributed by atoms with Crippen LogP contribution in [-0.2, 0) is 19.1 Å². The third kappa shape index (κ3) is 7.16. The van der Waals surface area contributed by atoms with Gasteiger partial charge in [0, 0.05) is 55.5 Å². The van der Waals surface area contributed by atoms with Gasteiger partial charge in [0.25, 0.3) is 0 Å². The molecule has 2 N–H and O–H groups in total. The summed E-state index contributed by atoms with van der Waals surface area (Å²) in [7, 11) is 0. The Morgan fingerprint density at radius 2 is 1.78 bits per heavy atom. The van der Waals surface area contributed by atoms with E-state index in [0.29, 0.717) is 17.7 Å². The zero-order valence-corrected chi connectivity index (χ0v) is 18.2. The Kier molecular flexibility index (Phi) is 8.89. The second-order valence-corrected chi connectivity index (χ2v) is 7.77. The number of likely N-dealkylation sites (tertiary alicyclic amines) is 1. The highest BCUT2D eigenvalue weighted by atomic mass is 19.1. The molecule has 0 amide bonds. The average molecular weight is 450 g/mol. The SMILES string of the molecule is CC(=O)O[C@H](C(C)C)N1CCC(c2noc3cc(F)ccc23)CC1.O=C(O)C=CC(=O)O. The highest BCUT2D eigenvalue weighted by Gasteiger charge is 2.31. The van der Waals surface area contributed by atoms with Crippen LogP contribution in [0, 0.1) is 11.7 Å². The van der Waals surface area contributed by atoms with E-state index in [1.165, 1.54) is 19.1 Å². The molecular weight excluding hydrogens is 423 g/mol. The van der Waals surface area contributed by atoms with E-state index in [4.69, 9.17) is 19.5 Å². The van der Waals surface area contributed by atoms with Crippen LogP contribution in [0.5, 0.6) is 0 Å². The molecular formula is C22H27FN2O7. The summed E-state index contributed by atoms with van der Waals surface area (Å²) in [6.45, 7) is 7.22. The molecule has 1 aromatic heterocycles. The van der Waals surface area contributed by atoms with Crippen LogP contribution >= 0.6 is 0 Å². The van der Waals surface area contributed by atoms with Gasteiger partial charge in [0.2, 0.25) is 0 Å². The maximum absolute atomic E-state index is 13.3. The highest BCUT2D eigenvalue weighted by molar-refractivity contribution is 5.89. The van der Waals surface area contributed by atoms with Gasteiger partial charge in [-0.2, -0.15) is 0 Å². The Morgan fingerprint density at radius 1 is 1.19 bits per heavy atom. The summed E-state index contributed by atoms with van der Waals surface area (Å²) in [6.07, 6.45) is 2.74. The second-order valence-electron chi connectivity index (χ2n) is 7.77. The number of carboxylic acid groups (broad SMARTS) is 2. The number of carbonyl (C=O) groups excluding carboxylic acids is 1. The van der Waals surface area contributed by atoms with E-state index in [1.54, 1.807) is 6.07 Å². The van der Waals surface area contributed by atoms with Crippen molar-refractivity contribution in [2.24, 2.45) is 5.92 Å². The minimum absolute atomic E-state index is 0.188. The first-order valence-corrected chi connectivity index (χ1v) is 10.2. The van der Waals surface area contributed by atoms with E-state index in [1.807, 2.05) is 0 Å². The molecule has 0 spiro atoms. The van der Waals surface area contributed by atoms with Crippen molar-refractivity contribution in [2.45, 2.75) is 45.8 Å². The molecule has 1 fully saturated rings. The molecule has 0 bridgehead atoms. The molecule has 174 valence electrons. The van der Waals surface area contributed by atoms with Crippen LogP contribution in [-0.4, -0.2) is 57.5 Å². The van der Waals surface area contributed by atoms with Crippen LogP contribution in [0.15, 0.2) is 34.9 Å². The fraction of sp³-hybridized carbons (Fsp3) is 0.455. The predicted molar refractivity (Wildman–Crippen MR) is 112 cm³/mol. The molecule has 0 unspecified atom stereocenters. The standard InChI is InChI=1S/C18H23FN2O3.C4H4O4/c1-11(2)18(23-12(3)22)21-8-6-13(7-9-21)17-15-5-4-14(19)10-16(15)24-20-17;5-3(6)1-2-4(7)8/h4-5,10-11,13,18H,6-9H2,1-3H3;1-2H,(H,5,6)(H,7,8)/t18-;/m1./s1. The highest BCUT2D eigenvalue weighted by Crippen LogP contribution is 2.34. The molecule has 2 aromatic rings. The number of halogens is 1. The van der Waals surface area contributed by atoms with Crippen molar-refractivity contribution >= 4 is 28.9 Å². The number of aromatic nitrogens is 1. The molecule has 32 heavy (non-hydrogen) atoms. The number of fused-ring (bicyclic) bond motifs is 1. The molecule has 10 heteroatoms. The molecule has 0 radical (unpaired) electrons. The largest absolute Gasteiger partial charge is 0.478 e. The maximum atomic E-state index is 13.3. The molecule has 1 atom stereocenters. The van der Waals surface area contributed by atoms with Crippen molar-refractivity contribution in [1.82, 2.24) is 10.1 Å². The molecule has 0 aliphatic carbocycles. The number of esters is 1. The summed E-state index contributed by atoms with van der Waals surface area (Å²) in [5, 5.41) is 20.7. The predicted octanol–water partition coefficient (Wildman–Crippen LogP) is 3.40. The maximum Gasteiger partial charge on any atom is 0.328 e. The zero-order chi connectivity index (χ0) is 23.8. The normalized spacial score (nSPS) is 16.0. The fourth-order valence-electron chi connectivity index (χ4n) is 3.60. The number of benzene rings is 1.